The van der Waals surface area contributed by atoms with E-state index in [4.69, 9.17) is 9.84 Å². The van der Waals surface area contributed by atoms with Gasteiger partial charge in [-0.1, -0.05) is 48.5 Å². The fraction of sp³-hybridized carbons (Fsp3) is 0.200. The molecule has 1 fully saturated rings. The van der Waals surface area contributed by atoms with Gasteiger partial charge in [0.25, 0.3) is 5.91 Å². The molecule has 3 heterocycles. The van der Waals surface area contributed by atoms with E-state index in [1.807, 2.05) is 66.9 Å². The Hall–Kier alpha value is -3.73. The van der Waals surface area contributed by atoms with E-state index in [9.17, 15) is 13.2 Å². The Kier molecular flexibility index (Phi) is 6.49. The lowest BCUT2D eigenvalue weighted by Gasteiger charge is -2.25. The average Bonchev–Trinajstić information content (AvgIpc) is 3.58. The number of amides is 1. The number of rotatable bonds is 7. The van der Waals surface area contributed by atoms with Crippen LogP contribution in [-0.4, -0.2) is 59.7 Å². The van der Waals surface area contributed by atoms with Crippen molar-refractivity contribution in [3.8, 4) is 16.9 Å². The second-order valence-electron chi connectivity index (χ2n) is 8.10. The summed E-state index contributed by atoms with van der Waals surface area (Å²) in [4.78, 5) is 15.7. The number of carbonyl (C=O) groups excluding carboxylic acids is 1. The number of ether oxygens (including phenoxy) is 1. The second kappa shape index (κ2) is 9.87. The van der Waals surface area contributed by atoms with Crippen molar-refractivity contribution in [1.29, 1.82) is 0 Å². The lowest BCUT2D eigenvalue weighted by atomic mass is 10.1. The third kappa shape index (κ3) is 4.90. The predicted molar refractivity (Wildman–Crippen MR) is 131 cm³/mol. The molecule has 0 saturated carbocycles. The molecular weight excluding hydrogens is 466 g/mol. The zero-order chi connectivity index (χ0) is 24.3. The van der Waals surface area contributed by atoms with Crippen molar-refractivity contribution in [1.82, 2.24) is 24.4 Å². The maximum Gasteiger partial charge on any atom is 0.268 e. The summed E-state index contributed by atoms with van der Waals surface area (Å²) in [5.41, 5.74) is 3.61. The van der Waals surface area contributed by atoms with Crippen LogP contribution in [0.1, 0.15) is 16.1 Å². The normalized spacial score (nSPS) is 14.6. The van der Waals surface area contributed by atoms with Crippen molar-refractivity contribution in [3.63, 3.8) is 0 Å². The van der Waals surface area contributed by atoms with Gasteiger partial charge in [-0.05, 0) is 18.2 Å². The highest BCUT2D eigenvalue weighted by atomic mass is 32.2. The lowest BCUT2D eigenvalue weighted by molar-refractivity contribution is 0.0730. The van der Waals surface area contributed by atoms with E-state index in [0.717, 1.165) is 22.5 Å². The van der Waals surface area contributed by atoms with Crippen molar-refractivity contribution < 1.29 is 17.9 Å². The SMILES string of the molecule is O=C(NCc1cn(-c2ccccc2)nc1-c1ccccc1)c1cc(S(=O)(=O)N2CCOCC2)c[nH]1. The molecule has 1 aliphatic rings. The van der Waals surface area contributed by atoms with Crippen molar-refractivity contribution in [3.05, 3.63) is 90.4 Å². The van der Waals surface area contributed by atoms with Crippen molar-refractivity contribution in [2.24, 2.45) is 0 Å². The molecule has 2 N–H and O–H groups in total. The molecule has 0 radical (unpaired) electrons. The summed E-state index contributed by atoms with van der Waals surface area (Å²) in [6.07, 6.45) is 3.24. The van der Waals surface area contributed by atoms with Gasteiger partial charge in [0.2, 0.25) is 10.0 Å². The highest BCUT2D eigenvalue weighted by molar-refractivity contribution is 7.89. The van der Waals surface area contributed by atoms with Gasteiger partial charge in [0.05, 0.1) is 24.6 Å². The zero-order valence-electron chi connectivity index (χ0n) is 18.9. The van der Waals surface area contributed by atoms with E-state index in [2.05, 4.69) is 10.3 Å². The molecular formula is C25H25N5O4S. The number of benzene rings is 2. The molecule has 9 nitrogen and oxygen atoms in total. The van der Waals surface area contributed by atoms with E-state index >= 15 is 0 Å². The Labute approximate surface area is 203 Å². The Morgan fingerprint density at radius 1 is 1.03 bits per heavy atom. The molecule has 35 heavy (non-hydrogen) atoms. The number of H-pyrrole nitrogens is 1. The number of aromatic nitrogens is 3. The quantitative estimate of drug-likeness (QED) is 0.413. The number of nitrogens with one attached hydrogen (secondary N) is 2. The van der Waals surface area contributed by atoms with Crippen molar-refractivity contribution >= 4 is 15.9 Å². The molecule has 2 aromatic carbocycles. The van der Waals surface area contributed by atoms with Crippen LogP contribution in [0.5, 0.6) is 0 Å². The summed E-state index contributed by atoms with van der Waals surface area (Å²) >= 11 is 0. The lowest BCUT2D eigenvalue weighted by Crippen LogP contribution is -2.40. The average molecular weight is 492 g/mol. The molecule has 2 aromatic heterocycles. The number of hydrogen-bond donors (Lipinski definition) is 2. The molecule has 1 aliphatic heterocycles. The van der Waals surface area contributed by atoms with Crippen LogP contribution < -0.4 is 5.32 Å². The maximum atomic E-state index is 12.9. The number of carbonyl (C=O) groups is 1. The standard InChI is InChI=1S/C25H25N5O4S/c31-25(23-15-22(17-26-23)35(32,33)29-11-13-34-14-12-29)27-16-20-18-30(21-9-5-2-6-10-21)28-24(20)19-7-3-1-4-8-19/h1-10,15,17-18,26H,11-14,16H2,(H,27,31). The van der Waals surface area contributed by atoms with Gasteiger partial charge in [0.1, 0.15) is 10.6 Å². The second-order valence-corrected chi connectivity index (χ2v) is 10.0. The van der Waals surface area contributed by atoms with E-state index < -0.39 is 15.9 Å². The van der Waals surface area contributed by atoms with Crippen LogP contribution in [0, 0.1) is 0 Å². The molecule has 0 spiro atoms. The van der Waals surface area contributed by atoms with E-state index in [1.54, 1.807) is 4.68 Å². The number of aromatic amines is 1. The summed E-state index contributed by atoms with van der Waals surface area (Å²) in [7, 11) is -3.68. The molecule has 0 aliphatic carbocycles. The zero-order valence-corrected chi connectivity index (χ0v) is 19.7. The maximum absolute atomic E-state index is 12.9. The highest BCUT2D eigenvalue weighted by Crippen LogP contribution is 2.24. The van der Waals surface area contributed by atoms with Crippen molar-refractivity contribution in [2.75, 3.05) is 26.3 Å². The van der Waals surface area contributed by atoms with Gasteiger partial charge in [-0.15, -0.1) is 0 Å². The number of hydrogen-bond acceptors (Lipinski definition) is 5. The van der Waals surface area contributed by atoms with Gasteiger partial charge in [0, 0.05) is 43.2 Å². The topological polar surface area (TPSA) is 109 Å². The Morgan fingerprint density at radius 2 is 1.71 bits per heavy atom. The number of sulfonamides is 1. The monoisotopic (exact) mass is 491 g/mol. The summed E-state index contributed by atoms with van der Waals surface area (Å²) in [5, 5.41) is 7.63. The van der Waals surface area contributed by atoms with Crippen LogP contribution in [0.25, 0.3) is 16.9 Å². The van der Waals surface area contributed by atoms with Gasteiger partial charge >= 0.3 is 0 Å². The third-order valence-electron chi connectivity index (χ3n) is 5.81. The van der Waals surface area contributed by atoms with Gasteiger partial charge in [-0.3, -0.25) is 4.79 Å². The van der Waals surface area contributed by atoms with Crippen LogP contribution >= 0.6 is 0 Å². The molecule has 180 valence electrons. The van der Waals surface area contributed by atoms with Crippen LogP contribution in [0.15, 0.2) is 84.0 Å². The Morgan fingerprint density at radius 3 is 2.43 bits per heavy atom. The smallest absolute Gasteiger partial charge is 0.268 e. The fourth-order valence-corrected chi connectivity index (χ4v) is 5.35. The van der Waals surface area contributed by atoms with Gasteiger partial charge in [-0.25, -0.2) is 13.1 Å². The molecule has 4 aromatic rings. The largest absolute Gasteiger partial charge is 0.379 e. The minimum atomic E-state index is -3.68. The van der Waals surface area contributed by atoms with Crippen LogP contribution in [0.4, 0.5) is 0 Å². The molecule has 1 amide bonds. The number of para-hydroxylation sites is 1. The first-order valence-corrected chi connectivity index (χ1v) is 12.7. The van der Waals surface area contributed by atoms with E-state index in [0.29, 0.717) is 26.3 Å². The first-order chi connectivity index (χ1) is 17.0. The van der Waals surface area contributed by atoms with Crippen LogP contribution in [-0.2, 0) is 21.3 Å². The molecule has 5 rings (SSSR count). The number of nitrogens with zero attached hydrogens (tertiary/aromatic N) is 3. The molecule has 10 heteroatoms. The summed E-state index contributed by atoms with van der Waals surface area (Å²) in [5.74, 6) is -0.403. The molecule has 0 unspecified atom stereocenters. The summed E-state index contributed by atoms with van der Waals surface area (Å²) in [6, 6.07) is 20.9. The van der Waals surface area contributed by atoms with E-state index in [1.165, 1.54) is 16.6 Å². The molecule has 0 bridgehead atoms. The van der Waals surface area contributed by atoms with E-state index in [-0.39, 0.29) is 17.1 Å². The Bertz CT molecular complexity index is 1410. The third-order valence-corrected chi connectivity index (χ3v) is 7.68. The minimum Gasteiger partial charge on any atom is -0.379 e. The molecule has 1 saturated heterocycles. The number of morpholine rings is 1. The van der Waals surface area contributed by atoms with Crippen LogP contribution in [0.3, 0.4) is 0 Å². The highest BCUT2D eigenvalue weighted by Gasteiger charge is 2.28. The summed E-state index contributed by atoms with van der Waals surface area (Å²) in [6.45, 7) is 1.53. The summed E-state index contributed by atoms with van der Waals surface area (Å²) < 4.78 is 34.1. The van der Waals surface area contributed by atoms with Crippen molar-refractivity contribution in [2.45, 2.75) is 11.4 Å². The Balaban J connectivity index is 1.35. The predicted octanol–water partition coefficient (Wildman–Crippen LogP) is 2.82. The van der Waals surface area contributed by atoms with Gasteiger partial charge in [0.15, 0.2) is 0 Å². The molecule has 0 atom stereocenters. The first kappa shape index (κ1) is 23.0. The van der Waals surface area contributed by atoms with Gasteiger partial charge in [-0.2, -0.15) is 9.40 Å². The minimum absolute atomic E-state index is 0.0615. The fourth-order valence-electron chi connectivity index (χ4n) is 3.95. The first-order valence-electron chi connectivity index (χ1n) is 11.3. The van der Waals surface area contributed by atoms with Gasteiger partial charge < -0.3 is 15.0 Å². The van der Waals surface area contributed by atoms with Crippen LogP contribution in [0.2, 0.25) is 0 Å².